The van der Waals surface area contributed by atoms with Crippen molar-refractivity contribution < 1.29 is 18.3 Å². The largest absolute Gasteiger partial charge is 0.435 e. The molecule has 0 aliphatic heterocycles. The van der Waals surface area contributed by atoms with Crippen LogP contribution < -0.4 is 15.8 Å². The first kappa shape index (κ1) is 19.3. The molecule has 25 heavy (non-hydrogen) atoms. The zero-order valence-corrected chi connectivity index (χ0v) is 15.3. The minimum Gasteiger partial charge on any atom is -0.435 e. The van der Waals surface area contributed by atoms with Crippen LogP contribution in [-0.2, 0) is 4.79 Å². The molecule has 0 bridgehead atoms. The summed E-state index contributed by atoms with van der Waals surface area (Å²) in [7, 11) is 0. The summed E-state index contributed by atoms with van der Waals surface area (Å²) in [6.45, 7) is 4.67. The first-order chi connectivity index (χ1) is 11.6. The van der Waals surface area contributed by atoms with Crippen LogP contribution in [0.4, 0.5) is 13.9 Å². The second-order valence-corrected chi connectivity index (χ2v) is 7.86. The quantitative estimate of drug-likeness (QED) is 0.834. The van der Waals surface area contributed by atoms with Gasteiger partial charge in [-0.1, -0.05) is 20.8 Å². The van der Waals surface area contributed by atoms with Gasteiger partial charge in [0.05, 0.1) is 11.7 Å². The highest BCUT2D eigenvalue weighted by Gasteiger charge is 2.28. The molecule has 1 amide bonds. The second-order valence-electron chi connectivity index (χ2n) is 6.66. The van der Waals surface area contributed by atoms with Crippen molar-refractivity contribution in [3.63, 3.8) is 0 Å². The van der Waals surface area contributed by atoms with E-state index < -0.39 is 12.7 Å². The monoisotopic (exact) mass is 369 g/mol. The molecule has 2 aromatic rings. The van der Waals surface area contributed by atoms with Crippen molar-refractivity contribution in [1.29, 1.82) is 0 Å². The van der Waals surface area contributed by atoms with Crippen LogP contribution in [0.3, 0.4) is 0 Å². The Morgan fingerprint density at radius 3 is 2.40 bits per heavy atom. The lowest BCUT2D eigenvalue weighted by atomic mass is 9.87. The van der Waals surface area contributed by atoms with E-state index in [1.165, 1.54) is 23.5 Å². The number of aromatic nitrogens is 1. The Morgan fingerprint density at radius 1 is 1.28 bits per heavy atom. The SMILES string of the molecule is Cc1sc(NC(=O)[C@@H](N)C(C)(C)C)nc1-c1ccc(OC(F)F)cc1. The van der Waals surface area contributed by atoms with E-state index in [1.54, 1.807) is 12.1 Å². The lowest BCUT2D eigenvalue weighted by molar-refractivity contribution is -0.119. The zero-order chi connectivity index (χ0) is 18.8. The molecule has 0 saturated heterocycles. The molecule has 0 aliphatic carbocycles. The Hall–Kier alpha value is -2.06. The van der Waals surface area contributed by atoms with Gasteiger partial charge in [-0.2, -0.15) is 8.78 Å². The van der Waals surface area contributed by atoms with E-state index in [4.69, 9.17) is 5.73 Å². The molecule has 1 atom stereocenters. The minimum absolute atomic E-state index is 0.0799. The summed E-state index contributed by atoms with van der Waals surface area (Å²) in [6.07, 6.45) is 0. The van der Waals surface area contributed by atoms with Crippen molar-refractivity contribution in [2.45, 2.75) is 40.3 Å². The first-order valence-electron chi connectivity index (χ1n) is 7.67. The fourth-order valence-electron chi connectivity index (χ4n) is 2.09. The summed E-state index contributed by atoms with van der Waals surface area (Å²) in [6, 6.07) is 5.53. The maximum atomic E-state index is 12.2. The molecule has 1 aromatic heterocycles. The van der Waals surface area contributed by atoms with Crippen LogP contribution >= 0.6 is 11.3 Å². The first-order valence-corrected chi connectivity index (χ1v) is 8.48. The number of rotatable bonds is 5. The van der Waals surface area contributed by atoms with Gasteiger partial charge >= 0.3 is 6.61 Å². The number of carbonyl (C=O) groups excluding carboxylic acids is 1. The van der Waals surface area contributed by atoms with Crippen LogP contribution in [0, 0.1) is 12.3 Å². The number of nitrogens with zero attached hydrogens (tertiary/aromatic N) is 1. The lowest BCUT2D eigenvalue weighted by Gasteiger charge is -2.25. The highest BCUT2D eigenvalue weighted by molar-refractivity contribution is 7.16. The molecule has 0 unspecified atom stereocenters. The van der Waals surface area contributed by atoms with E-state index in [1.807, 2.05) is 27.7 Å². The van der Waals surface area contributed by atoms with Crippen LogP contribution in [-0.4, -0.2) is 23.5 Å². The summed E-state index contributed by atoms with van der Waals surface area (Å²) >= 11 is 1.33. The molecule has 1 heterocycles. The number of carbonyl (C=O) groups is 1. The van der Waals surface area contributed by atoms with Crippen molar-refractivity contribution in [2.24, 2.45) is 11.1 Å². The molecule has 1 aromatic carbocycles. The van der Waals surface area contributed by atoms with E-state index in [0.717, 1.165) is 10.4 Å². The van der Waals surface area contributed by atoms with Gasteiger partial charge in [-0.3, -0.25) is 4.79 Å². The van der Waals surface area contributed by atoms with Gasteiger partial charge in [-0.25, -0.2) is 4.98 Å². The van der Waals surface area contributed by atoms with E-state index in [2.05, 4.69) is 15.0 Å². The maximum absolute atomic E-state index is 12.2. The van der Waals surface area contributed by atoms with Gasteiger partial charge in [0, 0.05) is 10.4 Å². The zero-order valence-electron chi connectivity index (χ0n) is 14.5. The third-order valence-corrected chi connectivity index (χ3v) is 4.48. The third kappa shape index (κ3) is 4.96. The highest BCUT2D eigenvalue weighted by atomic mass is 32.1. The summed E-state index contributed by atoms with van der Waals surface area (Å²) in [4.78, 5) is 17.5. The fourth-order valence-corrected chi connectivity index (χ4v) is 2.93. The number of alkyl halides is 2. The van der Waals surface area contributed by atoms with E-state index >= 15 is 0 Å². The number of hydrogen-bond donors (Lipinski definition) is 2. The average molecular weight is 369 g/mol. The number of nitrogens with one attached hydrogen (secondary N) is 1. The molecule has 0 aliphatic rings. The van der Waals surface area contributed by atoms with Crippen molar-refractivity contribution >= 4 is 22.4 Å². The summed E-state index contributed by atoms with van der Waals surface area (Å²) in [5.74, 6) is -0.218. The third-order valence-electron chi connectivity index (χ3n) is 3.60. The van der Waals surface area contributed by atoms with Gasteiger partial charge in [0.15, 0.2) is 5.13 Å². The number of thiazole rings is 1. The molecular formula is C17H21F2N3O2S. The molecule has 0 saturated carbocycles. The number of ether oxygens (including phenoxy) is 1. The Labute approximate surface area is 149 Å². The van der Waals surface area contributed by atoms with Crippen molar-refractivity contribution in [3.05, 3.63) is 29.1 Å². The molecule has 0 fully saturated rings. The molecule has 0 spiro atoms. The maximum Gasteiger partial charge on any atom is 0.387 e. The number of nitrogens with two attached hydrogens (primary N) is 1. The number of hydrogen-bond acceptors (Lipinski definition) is 5. The summed E-state index contributed by atoms with van der Waals surface area (Å²) in [5, 5.41) is 3.19. The number of aryl methyl sites for hydroxylation is 1. The van der Waals surface area contributed by atoms with Crippen LogP contribution in [0.25, 0.3) is 11.3 Å². The molecule has 8 heteroatoms. The highest BCUT2D eigenvalue weighted by Crippen LogP contribution is 2.32. The minimum atomic E-state index is -2.86. The van der Waals surface area contributed by atoms with Crippen LogP contribution in [0.1, 0.15) is 25.6 Å². The van der Waals surface area contributed by atoms with Crippen LogP contribution in [0.5, 0.6) is 5.75 Å². The molecule has 5 nitrogen and oxygen atoms in total. The Morgan fingerprint density at radius 2 is 1.88 bits per heavy atom. The molecule has 136 valence electrons. The van der Waals surface area contributed by atoms with Crippen molar-refractivity contribution in [3.8, 4) is 17.0 Å². The van der Waals surface area contributed by atoms with Gasteiger partial charge in [0.25, 0.3) is 0 Å². The second kappa shape index (κ2) is 7.45. The lowest BCUT2D eigenvalue weighted by Crippen LogP contribution is -2.45. The summed E-state index contributed by atoms with van der Waals surface area (Å²) in [5.41, 5.74) is 7.00. The number of benzene rings is 1. The topological polar surface area (TPSA) is 77.2 Å². The summed E-state index contributed by atoms with van der Waals surface area (Å²) < 4.78 is 28.7. The smallest absolute Gasteiger partial charge is 0.387 e. The van der Waals surface area contributed by atoms with E-state index in [9.17, 15) is 13.6 Å². The predicted octanol–water partition coefficient (Wildman–Crippen LogP) is 4.03. The van der Waals surface area contributed by atoms with Gasteiger partial charge in [0.1, 0.15) is 5.75 Å². The van der Waals surface area contributed by atoms with Gasteiger partial charge in [0.2, 0.25) is 5.91 Å². The van der Waals surface area contributed by atoms with Gasteiger partial charge in [-0.15, -0.1) is 11.3 Å². The molecular weight excluding hydrogens is 348 g/mol. The normalized spacial score (nSPS) is 13.0. The molecule has 0 radical (unpaired) electrons. The predicted molar refractivity (Wildman–Crippen MR) is 95.0 cm³/mol. The number of amides is 1. The molecule has 2 rings (SSSR count). The van der Waals surface area contributed by atoms with Crippen molar-refractivity contribution in [1.82, 2.24) is 4.98 Å². The fraction of sp³-hybridized carbons (Fsp3) is 0.412. The Bertz CT molecular complexity index is 739. The van der Waals surface area contributed by atoms with E-state index in [0.29, 0.717) is 10.8 Å². The Kier molecular flexibility index (Phi) is 5.74. The van der Waals surface area contributed by atoms with Gasteiger partial charge in [-0.05, 0) is 36.6 Å². The standard InChI is InChI=1S/C17H21F2N3O2S/c1-9-12(10-5-7-11(8-6-10)24-15(18)19)21-16(25-9)22-14(23)13(20)17(2,3)4/h5-8,13,15H,20H2,1-4H3,(H,21,22,23)/t13-/m1/s1. The average Bonchev–Trinajstić information content (AvgIpc) is 2.86. The van der Waals surface area contributed by atoms with Crippen LogP contribution in [0.15, 0.2) is 24.3 Å². The molecule has 3 N–H and O–H groups in total. The van der Waals surface area contributed by atoms with Crippen LogP contribution in [0.2, 0.25) is 0 Å². The van der Waals surface area contributed by atoms with E-state index in [-0.39, 0.29) is 17.1 Å². The van der Waals surface area contributed by atoms with Gasteiger partial charge < -0.3 is 15.8 Å². The van der Waals surface area contributed by atoms with Crippen molar-refractivity contribution in [2.75, 3.05) is 5.32 Å². The number of halogens is 2. The Balaban J connectivity index is 2.16. The number of anilines is 1.